The van der Waals surface area contributed by atoms with E-state index >= 15 is 0 Å². The zero-order valence-corrected chi connectivity index (χ0v) is 20.6. The number of thioether (sulfide) groups is 1. The van der Waals surface area contributed by atoms with Gasteiger partial charge < -0.3 is 21.7 Å². The first-order valence-electron chi connectivity index (χ1n) is 11.1. The first-order chi connectivity index (χ1) is 16.4. The van der Waals surface area contributed by atoms with E-state index in [2.05, 4.69) is 26.3 Å². The maximum Gasteiger partial charge on any atom is 0.280 e. The number of nitrogens with zero attached hydrogens (tertiary/aromatic N) is 5. The van der Waals surface area contributed by atoms with Crippen molar-refractivity contribution in [3.05, 3.63) is 29.1 Å². The van der Waals surface area contributed by atoms with E-state index < -0.39 is 0 Å². The van der Waals surface area contributed by atoms with Crippen LogP contribution in [0.4, 0.5) is 11.8 Å². The van der Waals surface area contributed by atoms with Crippen molar-refractivity contribution in [2.45, 2.75) is 42.9 Å². The van der Waals surface area contributed by atoms with Gasteiger partial charge in [0.25, 0.3) is 11.1 Å². The lowest BCUT2D eigenvalue weighted by atomic mass is 10.1. The highest BCUT2D eigenvalue weighted by molar-refractivity contribution is 8.00. The minimum atomic E-state index is -0.221. The number of nitriles is 1. The molecule has 1 aromatic heterocycles. The number of rotatable bonds is 9. The number of anilines is 2. The average molecular weight is 503 g/mol. The Morgan fingerprint density at radius 2 is 2.21 bits per heavy atom. The van der Waals surface area contributed by atoms with Crippen molar-refractivity contribution >= 4 is 52.4 Å². The van der Waals surface area contributed by atoms with Crippen molar-refractivity contribution in [3.63, 3.8) is 0 Å². The summed E-state index contributed by atoms with van der Waals surface area (Å²) in [5.74, 6) is 0.479. The van der Waals surface area contributed by atoms with Crippen LogP contribution in [-0.4, -0.2) is 57.0 Å². The van der Waals surface area contributed by atoms with Crippen LogP contribution in [0.25, 0.3) is 0 Å². The van der Waals surface area contributed by atoms with Gasteiger partial charge in [0.1, 0.15) is 28.0 Å². The molecule has 12 heteroatoms. The van der Waals surface area contributed by atoms with Crippen LogP contribution in [0.5, 0.6) is 0 Å². The largest absolute Gasteiger partial charge is 0.403 e. The Morgan fingerprint density at radius 3 is 2.82 bits per heavy atom. The number of likely N-dealkylation sites (tertiary alicyclic amines) is 1. The molecule has 1 amide bonds. The lowest BCUT2D eigenvalue weighted by molar-refractivity contribution is -0.127. The molecular formula is C22H29ClN9OS+. The molecule has 1 unspecified atom stereocenters. The van der Waals surface area contributed by atoms with Crippen LogP contribution in [0.15, 0.2) is 33.6 Å². The smallest absolute Gasteiger partial charge is 0.280 e. The molecule has 1 saturated carbocycles. The van der Waals surface area contributed by atoms with Crippen molar-refractivity contribution in [2.75, 3.05) is 30.7 Å². The molecule has 0 aromatic carbocycles. The molecule has 2 heterocycles. The van der Waals surface area contributed by atoms with Gasteiger partial charge in [0.15, 0.2) is 0 Å². The molecule has 2 fully saturated rings. The number of hydrogen-bond donors (Lipinski definition) is 4. The molecule has 1 aliphatic carbocycles. The fourth-order valence-electron chi connectivity index (χ4n) is 3.46. The fourth-order valence-corrected chi connectivity index (χ4v) is 5.03. The van der Waals surface area contributed by atoms with Crippen LogP contribution in [0.3, 0.4) is 0 Å². The summed E-state index contributed by atoms with van der Waals surface area (Å²) < 4.78 is 0. The third-order valence-electron chi connectivity index (χ3n) is 5.31. The van der Waals surface area contributed by atoms with Gasteiger partial charge in [-0.2, -0.15) is 10.2 Å². The van der Waals surface area contributed by atoms with Crippen LogP contribution in [0.1, 0.15) is 38.2 Å². The van der Waals surface area contributed by atoms with Gasteiger partial charge in [-0.15, -0.1) is 11.8 Å². The molecule has 34 heavy (non-hydrogen) atoms. The average Bonchev–Trinajstić information content (AvgIpc) is 3.63. The summed E-state index contributed by atoms with van der Waals surface area (Å²) in [6.45, 7) is 3.58. The summed E-state index contributed by atoms with van der Waals surface area (Å²) in [6, 6.07) is 2.07. The van der Waals surface area contributed by atoms with Crippen molar-refractivity contribution in [3.8, 4) is 6.07 Å². The Bertz CT molecular complexity index is 1070. The predicted octanol–water partition coefficient (Wildman–Crippen LogP) is 1.05. The van der Waals surface area contributed by atoms with E-state index in [4.69, 9.17) is 28.5 Å². The molecule has 0 radical (unpaired) electrons. The van der Waals surface area contributed by atoms with Crippen molar-refractivity contribution in [1.29, 1.82) is 5.26 Å². The molecule has 2 aliphatic rings. The summed E-state index contributed by atoms with van der Waals surface area (Å²) in [5, 5.41) is 18.8. The van der Waals surface area contributed by atoms with E-state index in [0.717, 1.165) is 25.7 Å². The minimum absolute atomic E-state index is 0.0154. The summed E-state index contributed by atoms with van der Waals surface area (Å²) >= 11 is 7.55. The van der Waals surface area contributed by atoms with Gasteiger partial charge in [-0.1, -0.05) is 6.08 Å². The fraction of sp³-hybridized carbons (Fsp3) is 0.455. The second kappa shape index (κ2) is 11.9. The standard InChI is InChI=1S/C22H28ClN9OS/c1-2-28-11-15(10-25)29-22-30-19(27)17(18(23)26)20(31-22)34-16-4-3-7-32(12-16)21(33)14(9-24)8-13-5-6-13/h8,10-11,13,16,26H,2-7,12,25H2,1H3,(H3,27,29,30,31)/p+1. The highest BCUT2D eigenvalue weighted by Gasteiger charge is 2.30. The van der Waals surface area contributed by atoms with Crippen molar-refractivity contribution in [2.24, 2.45) is 16.6 Å². The first-order valence-corrected chi connectivity index (χ1v) is 12.3. The molecule has 0 spiro atoms. The maximum absolute atomic E-state index is 12.9. The third kappa shape index (κ3) is 6.71. The minimum Gasteiger partial charge on any atom is -0.403 e. The lowest BCUT2D eigenvalue weighted by Gasteiger charge is -2.32. The van der Waals surface area contributed by atoms with Gasteiger partial charge in [-0.3, -0.25) is 9.79 Å². The monoisotopic (exact) mass is 502 g/mol. The Balaban J connectivity index is 1.80. The Hall–Kier alpha value is -3.10. The predicted molar refractivity (Wildman–Crippen MR) is 135 cm³/mol. The molecule has 10 nitrogen and oxygen atoms in total. The number of aliphatic imine (C=N–C) groups is 1. The second-order valence-electron chi connectivity index (χ2n) is 8.00. The number of hydrogen-bond acceptors (Lipinski definition) is 9. The number of piperidine rings is 1. The SMILES string of the molecule is CCN=CC(=CN)Nc1nc(N)c(C(=[NH2+])Cl)c(SC2CCCN(C(=O)C(C#N)=CC3CC3)C2)n1. The van der Waals surface area contributed by atoms with Crippen LogP contribution in [-0.2, 0) is 4.79 Å². The van der Waals surface area contributed by atoms with E-state index in [1.54, 1.807) is 17.2 Å². The second-order valence-corrected chi connectivity index (χ2v) is 9.69. The zero-order chi connectivity index (χ0) is 24.7. The molecule has 3 rings (SSSR count). The van der Waals surface area contributed by atoms with Crippen LogP contribution < -0.4 is 22.2 Å². The Labute approximate surface area is 208 Å². The number of carbonyl (C=O) groups is 1. The lowest BCUT2D eigenvalue weighted by Crippen LogP contribution is -2.42. The van der Waals surface area contributed by atoms with Gasteiger partial charge in [-0.05, 0) is 50.1 Å². The number of nitrogens with one attached hydrogen (secondary N) is 1. The quantitative estimate of drug-likeness (QED) is 0.168. The van der Waals surface area contributed by atoms with Crippen molar-refractivity contribution < 1.29 is 10.2 Å². The van der Waals surface area contributed by atoms with E-state index in [9.17, 15) is 10.1 Å². The van der Waals surface area contributed by atoms with Crippen LogP contribution in [0.2, 0.25) is 0 Å². The molecule has 1 aromatic rings. The highest BCUT2D eigenvalue weighted by Crippen LogP contribution is 2.35. The highest BCUT2D eigenvalue weighted by atomic mass is 35.5. The maximum atomic E-state index is 12.9. The summed E-state index contributed by atoms with van der Waals surface area (Å²) in [6.07, 6.45) is 8.46. The molecule has 0 bridgehead atoms. The molecule has 1 atom stereocenters. The van der Waals surface area contributed by atoms with E-state index in [0.29, 0.717) is 41.8 Å². The summed E-state index contributed by atoms with van der Waals surface area (Å²) in [5.41, 5.74) is 12.9. The third-order valence-corrected chi connectivity index (χ3v) is 6.74. The van der Waals surface area contributed by atoms with Gasteiger partial charge in [0.2, 0.25) is 5.95 Å². The number of amides is 1. The molecule has 1 saturated heterocycles. The number of nitrogen functional groups attached to an aromatic ring is 1. The van der Waals surface area contributed by atoms with E-state index in [1.165, 1.54) is 18.0 Å². The normalized spacial score (nSPS) is 19.2. The van der Waals surface area contributed by atoms with E-state index in [-0.39, 0.29) is 33.7 Å². The van der Waals surface area contributed by atoms with Gasteiger partial charge >= 0.3 is 0 Å². The van der Waals surface area contributed by atoms with Crippen LogP contribution >= 0.6 is 23.4 Å². The first kappa shape index (κ1) is 25.5. The summed E-state index contributed by atoms with van der Waals surface area (Å²) in [4.78, 5) is 27.6. The topological polar surface area (TPSA) is 172 Å². The van der Waals surface area contributed by atoms with Crippen LogP contribution in [0, 0.1) is 17.2 Å². The number of halogens is 1. The summed E-state index contributed by atoms with van der Waals surface area (Å²) in [7, 11) is 0. The Kier molecular flexibility index (Phi) is 8.90. The molecule has 1 aliphatic heterocycles. The van der Waals surface area contributed by atoms with Gasteiger partial charge in [-0.25, -0.2) is 10.4 Å². The zero-order valence-electron chi connectivity index (χ0n) is 19.0. The molecular weight excluding hydrogens is 474 g/mol. The van der Waals surface area contributed by atoms with Crippen molar-refractivity contribution in [1.82, 2.24) is 14.9 Å². The number of nitrogens with two attached hydrogens (primary N) is 3. The number of carbonyl (C=O) groups excluding carboxylic acids is 1. The Morgan fingerprint density at radius 1 is 1.44 bits per heavy atom. The van der Waals surface area contributed by atoms with Gasteiger partial charge in [0, 0.05) is 37.3 Å². The molecule has 180 valence electrons. The number of allylic oxidation sites excluding steroid dienone is 2. The number of aromatic nitrogens is 2. The van der Waals surface area contributed by atoms with Gasteiger partial charge in [0.05, 0.1) is 5.70 Å². The van der Waals surface area contributed by atoms with E-state index in [1.807, 2.05) is 6.92 Å². The molecule has 7 N–H and O–H groups in total.